The second-order valence-corrected chi connectivity index (χ2v) is 4.58. The van der Waals surface area contributed by atoms with Crippen molar-refractivity contribution in [3.8, 4) is 11.8 Å². The maximum atomic E-state index is 11.3. The van der Waals surface area contributed by atoms with E-state index in [4.69, 9.17) is 14.7 Å². The van der Waals surface area contributed by atoms with Gasteiger partial charge in [0.1, 0.15) is 5.75 Å². The first kappa shape index (κ1) is 16.0. The number of benzene rings is 1. The van der Waals surface area contributed by atoms with E-state index in [0.717, 1.165) is 4.47 Å². The average Bonchev–Trinajstić information content (AvgIpc) is 2.43. The van der Waals surface area contributed by atoms with E-state index in [9.17, 15) is 9.59 Å². The Kier molecular flexibility index (Phi) is 7.14. The fourth-order valence-corrected chi connectivity index (χ4v) is 1.57. The molecule has 7 heteroatoms. The molecule has 0 aliphatic heterocycles. The average molecular weight is 341 g/mol. The fraction of sp³-hybridized carbons (Fsp3) is 0.308. The van der Waals surface area contributed by atoms with E-state index >= 15 is 0 Å². The van der Waals surface area contributed by atoms with E-state index in [1.807, 2.05) is 12.1 Å². The van der Waals surface area contributed by atoms with Gasteiger partial charge < -0.3 is 14.8 Å². The molecule has 0 aliphatic rings. The third kappa shape index (κ3) is 6.75. The second kappa shape index (κ2) is 8.93. The molecular weight excluding hydrogens is 328 g/mol. The van der Waals surface area contributed by atoms with Crippen molar-refractivity contribution in [2.75, 3.05) is 19.8 Å². The summed E-state index contributed by atoms with van der Waals surface area (Å²) in [6, 6.07) is 8.90. The molecule has 0 unspecified atom stereocenters. The maximum absolute atomic E-state index is 11.3. The Morgan fingerprint density at radius 3 is 2.85 bits per heavy atom. The van der Waals surface area contributed by atoms with Crippen molar-refractivity contribution in [1.82, 2.24) is 5.32 Å². The molecule has 1 rings (SSSR count). The number of carbonyl (C=O) groups excluding carboxylic acids is 2. The van der Waals surface area contributed by atoms with E-state index in [1.54, 1.807) is 18.2 Å². The first-order valence-electron chi connectivity index (χ1n) is 5.79. The van der Waals surface area contributed by atoms with Gasteiger partial charge in [0.2, 0.25) is 0 Å². The number of ether oxygens (including phenoxy) is 2. The Hall–Kier alpha value is -2.07. The van der Waals surface area contributed by atoms with E-state index in [-0.39, 0.29) is 26.2 Å². The molecular formula is C13H13BrN2O4. The third-order valence-electron chi connectivity index (χ3n) is 2.08. The van der Waals surface area contributed by atoms with Crippen molar-refractivity contribution in [3.05, 3.63) is 28.7 Å². The lowest BCUT2D eigenvalue weighted by molar-refractivity contribution is -0.150. The smallest absolute Gasteiger partial charge is 0.344 e. The number of hydrogen-bond donors (Lipinski definition) is 1. The molecule has 0 saturated heterocycles. The maximum Gasteiger partial charge on any atom is 0.344 e. The minimum Gasteiger partial charge on any atom is -0.482 e. The Morgan fingerprint density at radius 1 is 1.35 bits per heavy atom. The van der Waals surface area contributed by atoms with E-state index in [0.29, 0.717) is 5.75 Å². The van der Waals surface area contributed by atoms with Gasteiger partial charge in [0, 0.05) is 11.0 Å². The summed E-state index contributed by atoms with van der Waals surface area (Å²) in [5.74, 6) is -0.564. The standard InChI is InChI=1S/C13H13BrN2O4/c14-10-3-1-4-11(7-10)19-9-13(18)20-8-12(17)16-6-2-5-15/h1,3-4,7H,2,6,8-9H2,(H,16,17). The lowest BCUT2D eigenvalue weighted by Gasteiger charge is -2.07. The van der Waals surface area contributed by atoms with Gasteiger partial charge in [-0.2, -0.15) is 5.26 Å². The predicted octanol–water partition coefficient (Wildman–Crippen LogP) is 1.40. The number of rotatable bonds is 7. The summed E-state index contributed by atoms with van der Waals surface area (Å²) >= 11 is 3.28. The van der Waals surface area contributed by atoms with Crippen molar-refractivity contribution < 1.29 is 19.1 Å². The van der Waals surface area contributed by atoms with Crippen LogP contribution in [0.3, 0.4) is 0 Å². The number of carbonyl (C=O) groups is 2. The van der Waals surface area contributed by atoms with Gasteiger partial charge in [0.25, 0.3) is 5.91 Å². The Bertz CT molecular complexity index is 513. The highest BCUT2D eigenvalue weighted by Gasteiger charge is 2.08. The van der Waals surface area contributed by atoms with Crippen LogP contribution in [0.4, 0.5) is 0 Å². The zero-order chi connectivity index (χ0) is 14.8. The Labute approximate surface area is 124 Å². The highest BCUT2D eigenvalue weighted by molar-refractivity contribution is 9.10. The van der Waals surface area contributed by atoms with Gasteiger partial charge in [0.15, 0.2) is 13.2 Å². The molecule has 1 aromatic carbocycles. The molecule has 0 bridgehead atoms. The molecule has 0 radical (unpaired) electrons. The van der Waals surface area contributed by atoms with E-state index in [2.05, 4.69) is 21.2 Å². The van der Waals surface area contributed by atoms with Crippen LogP contribution in [0.15, 0.2) is 28.7 Å². The summed E-state index contributed by atoms with van der Waals surface area (Å²) < 4.78 is 10.7. The van der Waals surface area contributed by atoms with Crippen molar-refractivity contribution in [2.45, 2.75) is 6.42 Å². The van der Waals surface area contributed by atoms with Gasteiger partial charge in [-0.1, -0.05) is 22.0 Å². The second-order valence-electron chi connectivity index (χ2n) is 3.66. The summed E-state index contributed by atoms with van der Waals surface area (Å²) in [6.45, 7) is -0.421. The molecule has 1 amide bonds. The molecule has 20 heavy (non-hydrogen) atoms. The quantitative estimate of drug-likeness (QED) is 0.598. The molecule has 0 fully saturated rings. The normalized spacial score (nSPS) is 9.40. The molecule has 0 heterocycles. The third-order valence-corrected chi connectivity index (χ3v) is 2.57. The number of nitrogens with zero attached hydrogens (tertiary/aromatic N) is 1. The molecule has 0 spiro atoms. The lowest BCUT2D eigenvalue weighted by atomic mass is 10.3. The van der Waals surface area contributed by atoms with Gasteiger partial charge >= 0.3 is 5.97 Å². The first-order valence-corrected chi connectivity index (χ1v) is 6.59. The van der Waals surface area contributed by atoms with Gasteiger partial charge in [-0.05, 0) is 18.2 Å². The van der Waals surface area contributed by atoms with Crippen LogP contribution in [0.5, 0.6) is 5.75 Å². The molecule has 1 aromatic rings. The zero-order valence-corrected chi connectivity index (χ0v) is 12.2. The molecule has 1 N–H and O–H groups in total. The van der Waals surface area contributed by atoms with Gasteiger partial charge in [-0.3, -0.25) is 4.79 Å². The van der Waals surface area contributed by atoms with Crippen LogP contribution in [0.1, 0.15) is 6.42 Å². The van der Waals surface area contributed by atoms with Crippen LogP contribution in [-0.2, 0) is 14.3 Å². The number of nitrogens with one attached hydrogen (secondary N) is 1. The van der Waals surface area contributed by atoms with Crippen LogP contribution in [0, 0.1) is 11.3 Å². The monoisotopic (exact) mass is 340 g/mol. The summed E-state index contributed by atoms with van der Waals surface area (Å²) in [5, 5.41) is 10.7. The van der Waals surface area contributed by atoms with Crippen molar-refractivity contribution in [3.63, 3.8) is 0 Å². The van der Waals surface area contributed by atoms with E-state index < -0.39 is 11.9 Å². The van der Waals surface area contributed by atoms with Crippen molar-refractivity contribution >= 4 is 27.8 Å². The molecule has 106 valence electrons. The highest BCUT2D eigenvalue weighted by atomic mass is 79.9. The minimum absolute atomic E-state index is 0.214. The number of hydrogen-bond acceptors (Lipinski definition) is 5. The molecule has 0 atom stereocenters. The SMILES string of the molecule is N#CCCNC(=O)COC(=O)COc1cccc(Br)c1. The van der Waals surface area contributed by atoms with Crippen LogP contribution < -0.4 is 10.1 Å². The number of halogens is 1. The molecule has 0 aliphatic carbocycles. The zero-order valence-electron chi connectivity index (χ0n) is 10.6. The van der Waals surface area contributed by atoms with Crippen LogP contribution in [0.2, 0.25) is 0 Å². The summed E-state index contributed by atoms with van der Waals surface area (Å²) in [4.78, 5) is 22.5. The molecule has 0 aromatic heterocycles. The minimum atomic E-state index is -0.639. The Balaban J connectivity index is 2.20. The van der Waals surface area contributed by atoms with E-state index in [1.165, 1.54) is 0 Å². The van der Waals surface area contributed by atoms with Gasteiger partial charge in [-0.25, -0.2) is 4.79 Å². The molecule has 0 saturated carbocycles. The fourth-order valence-electron chi connectivity index (χ4n) is 1.20. The van der Waals surface area contributed by atoms with Crippen LogP contribution in [0.25, 0.3) is 0 Å². The predicted molar refractivity (Wildman–Crippen MR) is 73.8 cm³/mol. The molecule has 6 nitrogen and oxygen atoms in total. The number of esters is 1. The van der Waals surface area contributed by atoms with Crippen molar-refractivity contribution in [1.29, 1.82) is 5.26 Å². The first-order chi connectivity index (χ1) is 9.61. The van der Waals surface area contributed by atoms with Gasteiger partial charge in [-0.15, -0.1) is 0 Å². The lowest BCUT2D eigenvalue weighted by Crippen LogP contribution is -2.30. The number of nitriles is 1. The number of amides is 1. The summed E-state index contributed by atoms with van der Waals surface area (Å²) in [6.07, 6.45) is 0.214. The summed E-state index contributed by atoms with van der Waals surface area (Å²) in [7, 11) is 0. The largest absolute Gasteiger partial charge is 0.482 e. The van der Waals surface area contributed by atoms with Gasteiger partial charge in [0.05, 0.1) is 12.5 Å². The highest BCUT2D eigenvalue weighted by Crippen LogP contribution is 2.17. The van der Waals surface area contributed by atoms with Crippen LogP contribution in [-0.4, -0.2) is 31.6 Å². The Morgan fingerprint density at radius 2 is 2.15 bits per heavy atom. The van der Waals surface area contributed by atoms with Crippen LogP contribution >= 0.6 is 15.9 Å². The van der Waals surface area contributed by atoms with Crippen molar-refractivity contribution in [2.24, 2.45) is 0 Å². The summed E-state index contributed by atoms with van der Waals surface area (Å²) in [5.41, 5.74) is 0. The topological polar surface area (TPSA) is 88.4 Å².